The molecule has 0 amide bonds. The predicted octanol–water partition coefficient (Wildman–Crippen LogP) is 2.58. The maximum atomic E-state index is 11.9. The van der Waals surface area contributed by atoms with E-state index in [0.717, 1.165) is 11.1 Å². The van der Waals surface area contributed by atoms with E-state index in [0.29, 0.717) is 5.75 Å². The van der Waals surface area contributed by atoms with Crippen molar-refractivity contribution in [1.29, 1.82) is 0 Å². The van der Waals surface area contributed by atoms with Gasteiger partial charge in [-0.15, -0.1) is 0 Å². The number of hydrogen-bond donors (Lipinski definition) is 0. The molecule has 0 aromatic heterocycles. The van der Waals surface area contributed by atoms with Crippen molar-refractivity contribution < 1.29 is 47.6 Å². The minimum atomic E-state index is -1.28. The lowest BCUT2D eigenvalue weighted by molar-refractivity contribution is -0.288. The molecule has 1 aliphatic rings. The van der Waals surface area contributed by atoms with Crippen molar-refractivity contribution in [2.45, 2.75) is 85.1 Å². The molecular formula is C24H32O10. The third-order valence-electron chi connectivity index (χ3n) is 4.98. The van der Waals surface area contributed by atoms with Crippen molar-refractivity contribution in [3.05, 3.63) is 29.3 Å². The van der Waals surface area contributed by atoms with Crippen molar-refractivity contribution in [2.24, 2.45) is 0 Å². The van der Waals surface area contributed by atoms with E-state index in [9.17, 15) is 19.2 Å². The van der Waals surface area contributed by atoms with Crippen LogP contribution in [0.1, 0.15) is 58.6 Å². The van der Waals surface area contributed by atoms with Crippen LogP contribution in [0.15, 0.2) is 18.2 Å². The van der Waals surface area contributed by atoms with E-state index in [-0.39, 0.29) is 12.5 Å². The Morgan fingerprint density at radius 3 is 1.94 bits per heavy atom. The van der Waals surface area contributed by atoms with E-state index in [1.54, 1.807) is 0 Å². The van der Waals surface area contributed by atoms with E-state index in [2.05, 4.69) is 0 Å². The minimum Gasteiger partial charge on any atom is -0.463 e. The molecule has 188 valence electrons. The van der Waals surface area contributed by atoms with Crippen LogP contribution in [0, 0.1) is 6.92 Å². The van der Waals surface area contributed by atoms with E-state index in [1.807, 2.05) is 39.0 Å². The summed E-state index contributed by atoms with van der Waals surface area (Å²) < 4.78 is 33.5. The highest BCUT2D eigenvalue weighted by Gasteiger charge is 2.53. The Kier molecular flexibility index (Phi) is 9.43. The summed E-state index contributed by atoms with van der Waals surface area (Å²) in [6.07, 6.45) is -6.12. The molecule has 34 heavy (non-hydrogen) atoms. The monoisotopic (exact) mass is 480 g/mol. The maximum absolute atomic E-state index is 11.9. The standard InChI is InChI=1S/C24H32O10/c1-12(2)18-9-8-13(3)10-19(18)33-24-23(32-17(7)28)22(31-16(6)27)21(30-15(5)26)20(34-24)11-29-14(4)25/h8-10,12,20-24H,11H2,1-7H3/t20-,21+,22+,23+,24-/m0/s1. The summed E-state index contributed by atoms with van der Waals surface area (Å²) >= 11 is 0. The van der Waals surface area contributed by atoms with Crippen LogP contribution in [0.2, 0.25) is 0 Å². The Labute approximate surface area is 198 Å². The van der Waals surface area contributed by atoms with Crippen molar-refractivity contribution in [2.75, 3.05) is 6.61 Å². The van der Waals surface area contributed by atoms with Crippen LogP contribution in [-0.4, -0.2) is 61.2 Å². The summed E-state index contributed by atoms with van der Waals surface area (Å²) in [6.45, 7) is 10.3. The summed E-state index contributed by atoms with van der Waals surface area (Å²) in [5.74, 6) is -2.09. The Balaban J connectivity index is 2.54. The molecule has 0 unspecified atom stereocenters. The summed E-state index contributed by atoms with van der Waals surface area (Å²) in [7, 11) is 0. The van der Waals surface area contributed by atoms with Gasteiger partial charge in [0.1, 0.15) is 18.5 Å². The van der Waals surface area contributed by atoms with Crippen LogP contribution < -0.4 is 4.74 Å². The molecule has 0 bridgehead atoms. The quantitative estimate of drug-likeness (QED) is 0.405. The fourth-order valence-electron chi connectivity index (χ4n) is 3.63. The first kappa shape index (κ1) is 27.1. The van der Waals surface area contributed by atoms with Gasteiger partial charge in [-0.2, -0.15) is 0 Å². The highest BCUT2D eigenvalue weighted by atomic mass is 16.7. The van der Waals surface area contributed by atoms with E-state index in [1.165, 1.54) is 27.7 Å². The van der Waals surface area contributed by atoms with Gasteiger partial charge in [0.25, 0.3) is 0 Å². The average Bonchev–Trinajstić information content (AvgIpc) is 2.69. The molecule has 1 fully saturated rings. The van der Waals surface area contributed by atoms with Gasteiger partial charge in [-0.25, -0.2) is 0 Å². The first-order valence-corrected chi connectivity index (χ1v) is 11.0. The van der Waals surface area contributed by atoms with E-state index < -0.39 is 54.6 Å². The zero-order chi connectivity index (χ0) is 25.6. The highest BCUT2D eigenvalue weighted by molar-refractivity contribution is 5.68. The first-order chi connectivity index (χ1) is 15.9. The second-order valence-electron chi connectivity index (χ2n) is 8.38. The van der Waals surface area contributed by atoms with Crippen LogP contribution in [-0.2, 0) is 42.9 Å². The fourth-order valence-corrected chi connectivity index (χ4v) is 3.63. The number of ether oxygens (including phenoxy) is 6. The normalized spacial score (nSPS) is 24.2. The van der Waals surface area contributed by atoms with Gasteiger partial charge in [0, 0.05) is 27.7 Å². The van der Waals surface area contributed by atoms with Crippen molar-refractivity contribution in [3.63, 3.8) is 0 Å². The van der Waals surface area contributed by atoms with Crippen LogP contribution >= 0.6 is 0 Å². The Morgan fingerprint density at radius 1 is 0.853 bits per heavy atom. The van der Waals surface area contributed by atoms with Gasteiger partial charge in [0.2, 0.25) is 12.4 Å². The number of benzene rings is 1. The number of esters is 4. The molecule has 10 heteroatoms. The molecule has 0 saturated carbocycles. The molecule has 0 aliphatic carbocycles. The molecule has 0 spiro atoms. The third-order valence-corrected chi connectivity index (χ3v) is 4.98. The minimum absolute atomic E-state index is 0.0984. The summed E-state index contributed by atoms with van der Waals surface area (Å²) in [4.78, 5) is 47.1. The lowest BCUT2D eigenvalue weighted by Gasteiger charge is -2.44. The topological polar surface area (TPSA) is 124 Å². The van der Waals surface area contributed by atoms with Gasteiger partial charge in [-0.3, -0.25) is 19.2 Å². The molecule has 1 heterocycles. The SMILES string of the molecule is CC(=O)OC[C@@H]1O[C@H](Oc2cc(C)ccc2C(C)C)[C@H](OC(C)=O)[C@H](OC(C)=O)[C@@H]1OC(C)=O. The van der Waals surface area contributed by atoms with Gasteiger partial charge in [-0.1, -0.05) is 26.0 Å². The maximum Gasteiger partial charge on any atom is 0.303 e. The Morgan fingerprint density at radius 2 is 1.41 bits per heavy atom. The van der Waals surface area contributed by atoms with Gasteiger partial charge in [0.15, 0.2) is 12.2 Å². The highest BCUT2D eigenvalue weighted by Crippen LogP contribution is 2.34. The van der Waals surface area contributed by atoms with Gasteiger partial charge < -0.3 is 28.4 Å². The third kappa shape index (κ3) is 7.44. The fraction of sp³-hybridized carbons (Fsp3) is 0.583. The Hall–Kier alpha value is -3.14. The zero-order valence-electron chi connectivity index (χ0n) is 20.5. The van der Waals surface area contributed by atoms with E-state index >= 15 is 0 Å². The Bertz CT molecular complexity index is 909. The molecule has 1 aromatic rings. The molecule has 0 radical (unpaired) electrons. The van der Waals surface area contributed by atoms with Gasteiger partial charge >= 0.3 is 23.9 Å². The number of aryl methyl sites for hydroxylation is 1. The van der Waals surface area contributed by atoms with Crippen molar-refractivity contribution in [1.82, 2.24) is 0 Å². The molecular weight excluding hydrogens is 448 g/mol. The van der Waals surface area contributed by atoms with Crippen molar-refractivity contribution in [3.8, 4) is 5.75 Å². The van der Waals surface area contributed by atoms with Crippen LogP contribution in [0.5, 0.6) is 5.75 Å². The van der Waals surface area contributed by atoms with Crippen LogP contribution in [0.25, 0.3) is 0 Å². The lowest BCUT2D eigenvalue weighted by Crippen LogP contribution is -2.63. The predicted molar refractivity (Wildman–Crippen MR) is 118 cm³/mol. The molecule has 1 aromatic carbocycles. The average molecular weight is 481 g/mol. The number of hydrogen-bond acceptors (Lipinski definition) is 10. The van der Waals surface area contributed by atoms with E-state index in [4.69, 9.17) is 28.4 Å². The molecule has 5 atom stereocenters. The van der Waals surface area contributed by atoms with Crippen LogP contribution in [0.3, 0.4) is 0 Å². The van der Waals surface area contributed by atoms with Gasteiger partial charge in [0.05, 0.1) is 0 Å². The molecule has 0 N–H and O–H groups in total. The largest absolute Gasteiger partial charge is 0.463 e. The number of rotatable bonds is 8. The molecule has 1 aliphatic heterocycles. The van der Waals surface area contributed by atoms with Crippen molar-refractivity contribution >= 4 is 23.9 Å². The summed E-state index contributed by atoms with van der Waals surface area (Å²) in [5, 5.41) is 0. The molecule has 10 nitrogen and oxygen atoms in total. The lowest BCUT2D eigenvalue weighted by atomic mass is 9.97. The smallest absolute Gasteiger partial charge is 0.303 e. The number of carbonyl (C=O) groups is 4. The number of carbonyl (C=O) groups excluding carboxylic acids is 4. The van der Waals surface area contributed by atoms with Crippen LogP contribution in [0.4, 0.5) is 0 Å². The second-order valence-corrected chi connectivity index (χ2v) is 8.38. The van der Waals surface area contributed by atoms with Gasteiger partial charge in [-0.05, 0) is 30.0 Å². The summed E-state index contributed by atoms with van der Waals surface area (Å²) in [6, 6.07) is 5.67. The first-order valence-electron chi connectivity index (χ1n) is 11.0. The summed E-state index contributed by atoms with van der Waals surface area (Å²) in [5.41, 5.74) is 1.79. The molecule has 2 rings (SSSR count). The second kappa shape index (κ2) is 11.8. The molecule has 1 saturated heterocycles. The zero-order valence-corrected chi connectivity index (χ0v) is 20.5.